The molecule has 0 heterocycles. The third kappa shape index (κ3) is 5.86. The Morgan fingerprint density at radius 1 is 1.31 bits per heavy atom. The molecule has 90 valence electrons. The first-order valence-electron chi connectivity index (χ1n) is 4.10. The summed E-state index contributed by atoms with van der Waals surface area (Å²) in [5.74, 6) is 4.32. The maximum absolute atomic E-state index is 11.9. The number of halogens is 3. The third-order valence-electron chi connectivity index (χ3n) is 1.50. The summed E-state index contributed by atoms with van der Waals surface area (Å²) in [6.07, 6.45) is -5.43. The van der Waals surface area contributed by atoms with Crippen LogP contribution in [0.3, 0.4) is 0 Å². The maximum atomic E-state index is 11.9. The van der Waals surface area contributed by atoms with E-state index in [9.17, 15) is 13.2 Å². The van der Waals surface area contributed by atoms with E-state index >= 15 is 0 Å². The number of hydrogen-bond acceptors (Lipinski definition) is 2. The molecule has 1 aromatic carbocycles. The quantitative estimate of drug-likeness (QED) is 0.367. The molecular weight excluding hydrogens is 225 g/mol. The number of carboxylic acid groups (broad SMARTS) is 1. The van der Waals surface area contributed by atoms with Crippen LogP contribution in [0, 0.1) is 6.92 Å². The molecule has 0 aromatic heterocycles. The van der Waals surface area contributed by atoms with E-state index in [0.29, 0.717) is 0 Å². The summed E-state index contributed by atoms with van der Waals surface area (Å²) in [4.78, 5) is 9.13. The number of hydrogen-bond donors (Lipinski definition) is 3. The van der Waals surface area contributed by atoms with Gasteiger partial charge in [-0.15, -0.1) is 0 Å². The van der Waals surface area contributed by atoms with Gasteiger partial charge in [-0.2, -0.15) is 13.2 Å². The Morgan fingerprint density at radius 3 is 1.94 bits per heavy atom. The smallest absolute Gasteiger partial charge is 0.418 e. The van der Waals surface area contributed by atoms with Crippen molar-refractivity contribution in [3.8, 4) is 0 Å². The van der Waals surface area contributed by atoms with Crippen molar-refractivity contribution in [3.63, 3.8) is 0 Å². The molecule has 0 fully saturated rings. The number of nitrogens with one attached hydrogen (secondary N) is 1. The molecule has 16 heavy (non-hydrogen) atoms. The zero-order valence-corrected chi connectivity index (χ0v) is 8.38. The molecule has 0 spiro atoms. The van der Waals surface area contributed by atoms with Crippen molar-refractivity contribution in [2.24, 2.45) is 5.84 Å². The van der Waals surface area contributed by atoms with Crippen LogP contribution in [0.1, 0.15) is 11.1 Å². The van der Waals surface area contributed by atoms with Gasteiger partial charge in [-0.05, 0) is 19.1 Å². The molecular formula is C9H11F3N2O2. The second kappa shape index (κ2) is 5.96. The molecule has 0 bridgehead atoms. The van der Waals surface area contributed by atoms with Crippen LogP contribution in [0.4, 0.5) is 18.0 Å². The third-order valence-corrected chi connectivity index (χ3v) is 1.50. The minimum atomic E-state index is -4.21. The van der Waals surface area contributed by atoms with E-state index < -0.39 is 17.8 Å². The molecule has 0 saturated carbocycles. The van der Waals surface area contributed by atoms with Crippen molar-refractivity contribution in [3.05, 3.63) is 35.4 Å². The lowest BCUT2D eigenvalue weighted by Gasteiger charge is -2.05. The molecule has 0 radical (unpaired) electrons. The molecule has 0 saturated heterocycles. The van der Waals surface area contributed by atoms with Crippen molar-refractivity contribution < 1.29 is 23.1 Å². The molecule has 4 N–H and O–H groups in total. The normalized spacial score (nSPS) is 10.1. The fraction of sp³-hybridized carbons (Fsp3) is 0.222. The Bertz CT molecular complexity index is 336. The summed E-state index contributed by atoms with van der Waals surface area (Å²) < 4.78 is 35.8. The summed E-state index contributed by atoms with van der Waals surface area (Å²) in [6, 6.07) is 5.05. The minimum absolute atomic E-state index is 0.594. The van der Waals surface area contributed by atoms with Gasteiger partial charge < -0.3 is 5.11 Å². The van der Waals surface area contributed by atoms with Crippen LogP contribution in [0.5, 0.6) is 0 Å². The first kappa shape index (κ1) is 14.2. The highest BCUT2D eigenvalue weighted by Crippen LogP contribution is 2.28. The first-order chi connectivity index (χ1) is 7.27. The van der Waals surface area contributed by atoms with Crippen molar-refractivity contribution in [2.45, 2.75) is 13.1 Å². The molecule has 7 heteroatoms. The second-order valence-corrected chi connectivity index (χ2v) is 2.81. The molecule has 0 aliphatic rings. The van der Waals surface area contributed by atoms with Crippen LogP contribution in [-0.2, 0) is 6.18 Å². The number of carbonyl (C=O) groups is 1. The first-order valence-corrected chi connectivity index (χ1v) is 4.10. The maximum Gasteiger partial charge on any atom is 0.418 e. The second-order valence-electron chi connectivity index (χ2n) is 2.81. The van der Waals surface area contributed by atoms with E-state index in [0.717, 1.165) is 17.7 Å². The van der Waals surface area contributed by atoms with E-state index in [1.165, 1.54) is 17.6 Å². The Kier molecular flexibility index (Phi) is 5.31. The van der Waals surface area contributed by atoms with Crippen molar-refractivity contribution in [1.29, 1.82) is 0 Å². The number of aryl methyl sites for hydroxylation is 1. The van der Waals surface area contributed by atoms with Crippen LogP contribution in [0.2, 0.25) is 0 Å². The number of amides is 1. The molecule has 0 unspecified atom stereocenters. The Hall–Kier alpha value is -1.76. The zero-order valence-electron chi connectivity index (χ0n) is 8.38. The van der Waals surface area contributed by atoms with Gasteiger partial charge in [-0.3, -0.25) is 5.43 Å². The lowest BCUT2D eigenvalue weighted by atomic mass is 10.1. The number of benzene rings is 1. The average Bonchev–Trinajstić information content (AvgIpc) is 2.18. The summed E-state index contributed by atoms with van der Waals surface area (Å²) in [5, 5.41) is 7.49. The summed E-state index contributed by atoms with van der Waals surface area (Å²) in [5.41, 5.74) is 1.68. The molecule has 1 amide bonds. The predicted molar refractivity (Wildman–Crippen MR) is 51.5 cm³/mol. The van der Waals surface area contributed by atoms with Gasteiger partial charge in [0.1, 0.15) is 0 Å². The monoisotopic (exact) mass is 236 g/mol. The van der Waals surface area contributed by atoms with Gasteiger partial charge in [0, 0.05) is 0 Å². The van der Waals surface area contributed by atoms with E-state index in [2.05, 4.69) is 5.84 Å². The lowest BCUT2D eigenvalue weighted by Crippen LogP contribution is -2.27. The number of alkyl halides is 3. The van der Waals surface area contributed by atoms with Crippen LogP contribution >= 0.6 is 0 Å². The summed E-state index contributed by atoms with van der Waals surface area (Å²) in [6.45, 7) is 1.75. The highest BCUT2D eigenvalue weighted by Gasteiger charge is 2.29. The number of rotatable bonds is 0. The van der Waals surface area contributed by atoms with Gasteiger partial charge in [0.2, 0.25) is 0 Å². The van der Waals surface area contributed by atoms with Crippen molar-refractivity contribution in [1.82, 2.24) is 5.43 Å². The molecule has 0 aliphatic carbocycles. The summed E-state index contributed by atoms with van der Waals surface area (Å²) in [7, 11) is 0. The molecule has 0 atom stereocenters. The predicted octanol–water partition coefficient (Wildman–Crippen LogP) is 2.14. The van der Waals surface area contributed by atoms with Gasteiger partial charge in [0.25, 0.3) is 0 Å². The Balaban J connectivity index is 0.000000385. The fourth-order valence-electron chi connectivity index (χ4n) is 0.743. The average molecular weight is 236 g/mol. The number of nitrogens with two attached hydrogens (primary N) is 1. The topological polar surface area (TPSA) is 75.3 Å². The van der Waals surface area contributed by atoms with Gasteiger partial charge in [-0.25, -0.2) is 10.6 Å². The Morgan fingerprint density at radius 2 is 1.69 bits per heavy atom. The highest BCUT2D eigenvalue weighted by molar-refractivity contribution is 5.63. The molecule has 4 nitrogen and oxygen atoms in total. The highest BCUT2D eigenvalue weighted by atomic mass is 19.4. The number of hydrazine groups is 1. The van der Waals surface area contributed by atoms with Crippen LogP contribution in [0.15, 0.2) is 24.3 Å². The van der Waals surface area contributed by atoms with E-state index in [4.69, 9.17) is 9.90 Å². The van der Waals surface area contributed by atoms with E-state index in [1.807, 2.05) is 0 Å². The van der Waals surface area contributed by atoms with Crippen LogP contribution < -0.4 is 11.3 Å². The minimum Gasteiger partial charge on any atom is -0.464 e. The van der Waals surface area contributed by atoms with E-state index in [1.54, 1.807) is 6.92 Å². The van der Waals surface area contributed by atoms with Crippen molar-refractivity contribution in [2.75, 3.05) is 0 Å². The van der Waals surface area contributed by atoms with Crippen LogP contribution in [-0.4, -0.2) is 11.2 Å². The van der Waals surface area contributed by atoms with Gasteiger partial charge in [-0.1, -0.05) is 17.7 Å². The van der Waals surface area contributed by atoms with Gasteiger partial charge >= 0.3 is 12.3 Å². The Labute approximate surface area is 89.8 Å². The largest absolute Gasteiger partial charge is 0.464 e. The van der Waals surface area contributed by atoms with Crippen LogP contribution in [0.25, 0.3) is 0 Å². The lowest BCUT2D eigenvalue weighted by molar-refractivity contribution is -0.137. The fourth-order valence-corrected chi connectivity index (χ4v) is 0.743. The standard InChI is InChI=1S/C8H7F3.CH4N2O2/c1-6-2-4-7(5-3-6)8(9,10)11;2-3-1(4)5/h2-5H,1H3;3H,2H2,(H,4,5). The van der Waals surface area contributed by atoms with Crippen molar-refractivity contribution >= 4 is 6.09 Å². The SMILES string of the molecule is Cc1ccc(C(F)(F)F)cc1.NNC(=O)O. The van der Waals surface area contributed by atoms with E-state index in [-0.39, 0.29) is 0 Å². The molecule has 0 aliphatic heterocycles. The summed E-state index contributed by atoms with van der Waals surface area (Å²) >= 11 is 0. The molecule has 1 aromatic rings. The van der Waals surface area contributed by atoms with Gasteiger partial charge in [0.15, 0.2) is 0 Å². The molecule has 1 rings (SSSR count). The zero-order chi connectivity index (χ0) is 12.8. The van der Waals surface area contributed by atoms with Gasteiger partial charge in [0.05, 0.1) is 5.56 Å².